The predicted molar refractivity (Wildman–Crippen MR) is 105 cm³/mol. The number of aryl methyl sites for hydroxylation is 1. The second-order valence-electron chi connectivity index (χ2n) is 7.06. The topological polar surface area (TPSA) is 95.7 Å². The first-order valence-corrected chi connectivity index (χ1v) is 9.15. The van der Waals surface area contributed by atoms with Crippen molar-refractivity contribution in [1.82, 2.24) is 5.32 Å². The summed E-state index contributed by atoms with van der Waals surface area (Å²) < 4.78 is 0. The van der Waals surface area contributed by atoms with Crippen LogP contribution >= 0.6 is 0 Å². The van der Waals surface area contributed by atoms with Gasteiger partial charge in [-0.1, -0.05) is 18.2 Å². The van der Waals surface area contributed by atoms with E-state index in [1.165, 1.54) is 0 Å². The number of amides is 2. The van der Waals surface area contributed by atoms with Gasteiger partial charge in [-0.2, -0.15) is 0 Å². The molecule has 0 unspecified atom stereocenters. The van der Waals surface area contributed by atoms with E-state index < -0.39 is 0 Å². The van der Waals surface area contributed by atoms with Crippen LogP contribution in [-0.2, 0) is 11.3 Å². The number of phenolic OH excluding ortho intramolecular Hbond substituents is 1. The van der Waals surface area contributed by atoms with Crippen LogP contribution in [0.3, 0.4) is 0 Å². The van der Waals surface area contributed by atoms with Crippen molar-refractivity contribution in [2.45, 2.75) is 26.3 Å². The zero-order chi connectivity index (χ0) is 19.4. The maximum absolute atomic E-state index is 12.2. The average Bonchev–Trinajstić information content (AvgIpc) is 2.66. The first-order valence-electron chi connectivity index (χ1n) is 9.15. The van der Waals surface area contributed by atoms with Crippen molar-refractivity contribution in [2.24, 2.45) is 11.7 Å². The van der Waals surface area contributed by atoms with Gasteiger partial charge in [0.1, 0.15) is 5.75 Å². The molecule has 1 atom stereocenters. The molecule has 1 saturated heterocycles. The lowest BCUT2D eigenvalue weighted by atomic mass is 9.97. The van der Waals surface area contributed by atoms with Crippen LogP contribution in [0.25, 0.3) is 0 Å². The van der Waals surface area contributed by atoms with E-state index in [0.717, 1.165) is 36.2 Å². The summed E-state index contributed by atoms with van der Waals surface area (Å²) in [6.07, 6.45) is 1.80. The molecule has 142 valence electrons. The van der Waals surface area contributed by atoms with E-state index in [0.29, 0.717) is 13.1 Å². The van der Waals surface area contributed by atoms with Gasteiger partial charge in [0.15, 0.2) is 0 Å². The Morgan fingerprint density at radius 1 is 1.22 bits per heavy atom. The number of hydrogen-bond donors (Lipinski definition) is 3. The molecule has 0 saturated carbocycles. The molecule has 1 aliphatic rings. The molecular weight excluding hydrogens is 342 g/mol. The highest BCUT2D eigenvalue weighted by atomic mass is 16.3. The normalized spacial score (nSPS) is 16.8. The fourth-order valence-electron chi connectivity index (χ4n) is 3.38. The third-order valence-corrected chi connectivity index (χ3v) is 4.98. The fourth-order valence-corrected chi connectivity index (χ4v) is 3.38. The van der Waals surface area contributed by atoms with Gasteiger partial charge in [-0.05, 0) is 55.2 Å². The van der Waals surface area contributed by atoms with Gasteiger partial charge in [-0.15, -0.1) is 0 Å². The number of carbonyl (C=O) groups is 2. The summed E-state index contributed by atoms with van der Waals surface area (Å²) in [5.41, 5.74) is 8.62. The Kier molecular flexibility index (Phi) is 5.64. The van der Waals surface area contributed by atoms with Crippen molar-refractivity contribution in [3.05, 3.63) is 59.2 Å². The molecule has 2 amide bonds. The van der Waals surface area contributed by atoms with Crippen LogP contribution in [0.2, 0.25) is 0 Å². The number of benzene rings is 2. The highest BCUT2D eigenvalue weighted by molar-refractivity contribution is 5.96. The van der Waals surface area contributed by atoms with Gasteiger partial charge in [0.05, 0.1) is 11.5 Å². The zero-order valence-electron chi connectivity index (χ0n) is 15.4. The predicted octanol–water partition coefficient (Wildman–Crippen LogP) is 2.33. The smallest absolute Gasteiger partial charge is 0.255 e. The number of piperidine rings is 1. The van der Waals surface area contributed by atoms with Crippen molar-refractivity contribution < 1.29 is 14.7 Å². The molecular formula is C21H25N3O3. The molecule has 1 heterocycles. The lowest BCUT2D eigenvalue weighted by Crippen LogP contribution is -2.41. The molecule has 0 radical (unpaired) electrons. The number of nitrogens with zero attached hydrogens (tertiary/aromatic N) is 1. The number of rotatable bonds is 5. The van der Waals surface area contributed by atoms with Crippen LogP contribution in [0.4, 0.5) is 5.69 Å². The number of carbonyl (C=O) groups excluding carboxylic acids is 2. The molecule has 0 spiro atoms. The molecule has 2 aromatic carbocycles. The lowest BCUT2D eigenvalue weighted by molar-refractivity contribution is -0.122. The number of primary amides is 1. The minimum Gasteiger partial charge on any atom is -0.507 e. The minimum atomic E-state index is -0.308. The Morgan fingerprint density at radius 3 is 2.63 bits per heavy atom. The number of nitrogens with one attached hydrogen (secondary N) is 1. The van der Waals surface area contributed by atoms with Crippen molar-refractivity contribution >= 4 is 17.5 Å². The van der Waals surface area contributed by atoms with Gasteiger partial charge in [-0.3, -0.25) is 9.59 Å². The molecule has 6 heteroatoms. The van der Waals surface area contributed by atoms with Crippen molar-refractivity contribution in [3.8, 4) is 5.75 Å². The zero-order valence-corrected chi connectivity index (χ0v) is 15.4. The minimum absolute atomic E-state index is 0.0167. The van der Waals surface area contributed by atoms with Gasteiger partial charge < -0.3 is 21.1 Å². The SMILES string of the molecule is Cc1ccc(C(=O)NCc2ccc(N3CCC[C@@H](C(N)=O)C3)cc2)c(O)c1. The summed E-state index contributed by atoms with van der Waals surface area (Å²) >= 11 is 0. The second kappa shape index (κ2) is 8.12. The van der Waals surface area contributed by atoms with Gasteiger partial charge in [-0.25, -0.2) is 0 Å². The van der Waals surface area contributed by atoms with Gasteiger partial charge in [0.2, 0.25) is 5.91 Å². The lowest BCUT2D eigenvalue weighted by Gasteiger charge is -2.33. The molecule has 1 aliphatic heterocycles. The molecule has 4 N–H and O–H groups in total. The second-order valence-corrected chi connectivity index (χ2v) is 7.06. The summed E-state index contributed by atoms with van der Waals surface area (Å²) in [4.78, 5) is 25.8. The van der Waals surface area contributed by atoms with Crippen molar-refractivity contribution in [2.75, 3.05) is 18.0 Å². The van der Waals surface area contributed by atoms with E-state index in [4.69, 9.17) is 5.73 Å². The van der Waals surface area contributed by atoms with Crippen LogP contribution < -0.4 is 16.0 Å². The molecule has 3 rings (SSSR count). The largest absolute Gasteiger partial charge is 0.507 e. The van der Waals surface area contributed by atoms with E-state index >= 15 is 0 Å². The number of anilines is 1. The molecule has 2 aromatic rings. The Hall–Kier alpha value is -3.02. The van der Waals surface area contributed by atoms with E-state index in [-0.39, 0.29) is 29.0 Å². The first kappa shape index (κ1) is 18.8. The van der Waals surface area contributed by atoms with Crippen LogP contribution in [0.15, 0.2) is 42.5 Å². The van der Waals surface area contributed by atoms with Crippen molar-refractivity contribution in [1.29, 1.82) is 0 Å². The van der Waals surface area contributed by atoms with Crippen LogP contribution in [0.5, 0.6) is 5.75 Å². The summed E-state index contributed by atoms with van der Waals surface area (Å²) in [6, 6.07) is 12.9. The van der Waals surface area contributed by atoms with Gasteiger partial charge in [0, 0.05) is 25.3 Å². The van der Waals surface area contributed by atoms with E-state index in [2.05, 4.69) is 10.2 Å². The third-order valence-electron chi connectivity index (χ3n) is 4.98. The van der Waals surface area contributed by atoms with Crippen LogP contribution in [0.1, 0.15) is 34.3 Å². The van der Waals surface area contributed by atoms with E-state index in [1.807, 2.05) is 31.2 Å². The molecule has 0 aliphatic carbocycles. The van der Waals surface area contributed by atoms with Crippen molar-refractivity contribution in [3.63, 3.8) is 0 Å². The molecule has 6 nitrogen and oxygen atoms in total. The standard InChI is InChI=1S/C21H25N3O3/c1-14-4-9-18(19(25)11-14)21(27)23-12-15-5-7-17(8-6-15)24-10-2-3-16(13-24)20(22)26/h4-9,11,16,25H,2-3,10,12-13H2,1H3,(H2,22,26)(H,23,27)/t16-/m1/s1. The van der Waals surface area contributed by atoms with Gasteiger partial charge in [0.25, 0.3) is 5.91 Å². The maximum atomic E-state index is 12.2. The number of aromatic hydroxyl groups is 1. The molecule has 0 aromatic heterocycles. The molecule has 27 heavy (non-hydrogen) atoms. The number of hydrogen-bond acceptors (Lipinski definition) is 4. The third kappa shape index (κ3) is 4.58. The fraction of sp³-hybridized carbons (Fsp3) is 0.333. The monoisotopic (exact) mass is 367 g/mol. The summed E-state index contributed by atoms with van der Waals surface area (Å²) in [5.74, 6) is -0.660. The Balaban J connectivity index is 1.59. The van der Waals surface area contributed by atoms with Crippen LogP contribution in [0, 0.1) is 12.8 Å². The Bertz CT molecular complexity index is 833. The summed E-state index contributed by atoms with van der Waals surface area (Å²) in [6.45, 7) is 3.79. The van der Waals surface area contributed by atoms with E-state index in [9.17, 15) is 14.7 Å². The molecule has 0 bridgehead atoms. The highest BCUT2D eigenvalue weighted by Gasteiger charge is 2.24. The molecule has 1 fully saturated rings. The number of nitrogens with two attached hydrogens (primary N) is 1. The quantitative estimate of drug-likeness (QED) is 0.756. The summed E-state index contributed by atoms with van der Waals surface area (Å²) in [5, 5.41) is 12.7. The highest BCUT2D eigenvalue weighted by Crippen LogP contribution is 2.23. The van der Waals surface area contributed by atoms with Gasteiger partial charge >= 0.3 is 0 Å². The Morgan fingerprint density at radius 2 is 1.96 bits per heavy atom. The maximum Gasteiger partial charge on any atom is 0.255 e. The van der Waals surface area contributed by atoms with Crippen LogP contribution in [-0.4, -0.2) is 30.0 Å². The number of phenols is 1. The summed E-state index contributed by atoms with van der Waals surface area (Å²) in [7, 11) is 0. The Labute approximate surface area is 159 Å². The van der Waals surface area contributed by atoms with E-state index in [1.54, 1.807) is 18.2 Å². The first-order chi connectivity index (χ1) is 12.9. The average molecular weight is 367 g/mol.